The summed E-state index contributed by atoms with van der Waals surface area (Å²) in [6.45, 7) is 14.4. The number of hydrogen-bond donors (Lipinski definition) is 3. The molecule has 6 aliphatic rings. The van der Waals surface area contributed by atoms with E-state index in [1.807, 2.05) is 52.8 Å². The summed E-state index contributed by atoms with van der Waals surface area (Å²) in [5.74, 6) is -2.58. The fourth-order valence-corrected chi connectivity index (χ4v) is 8.08. The van der Waals surface area contributed by atoms with Gasteiger partial charge in [-0.25, -0.2) is 4.79 Å². The van der Waals surface area contributed by atoms with E-state index in [2.05, 4.69) is 0 Å². The van der Waals surface area contributed by atoms with E-state index >= 15 is 0 Å². The van der Waals surface area contributed by atoms with Crippen molar-refractivity contribution in [1.82, 2.24) is 0 Å². The van der Waals surface area contributed by atoms with Crippen molar-refractivity contribution in [3.63, 3.8) is 0 Å². The Morgan fingerprint density at radius 2 is 1.77 bits per heavy atom. The molecule has 47 heavy (non-hydrogen) atoms. The van der Waals surface area contributed by atoms with E-state index in [4.69, 9.17) is 14.2 Å². The second-order valence-corrected chi connectivity index (χ2v) is 15.2. The van der Waals surface area contributed by atoms with Gasteiger partial charge >= 0.3 is 5.97 Å². The van der Waals surface area contributed by atoms with Crippen LogP contribution >= 0.6 is 0 Å². The fraction of sp³-hybridized carbons (Fsp3) is 0.500. The molecule has 0 radical (unpaired) electrons. The average Bonchev–Trinajstić information content (AvgIpc) is 3.11. The number of aliphatic carboxylic acids is 1. The Balaban J connectivity index is 1.58. The van der Waals surface area contributed by atoms with Crippen molar-refractivity contribution in [2.75, 3.05) is 0 Å². The van der Waals surface area contributed by atoms with E-state index < -0.39 is 51.6 Å². The number of ether oxygens (including phenoxy) is 3. The van der Waals surface area contributed by atoms with Crippen molar-refractivity contribution in [2.24, 2.45) is 11.8 Å². The van der Waals surface area contributed by atoms with Gasteiger partial charge < -0.3 is 29.5 Å². The van der Waals surface area contributed by atoms with Gasteiger partial charge in [-0.2, -0.15) is 0 Å². The fourth-order valence-electron chi connectivity index (χ4n) is 8.08. The molecule has 1 saturated heterocycles. The SMILES string of the molecule is CC(C)=CCc1c2c(c(O)c3c1O[C@]14C(=C[C@@H]5CC1C(C)(C)O[C@@]4(C/C=C(\C)C(=O)O)C5=O)C3=O)C=CC(C)(C/C=C\C(C)(C)O)O2. The van der Waals surface area contributed by atoms with E-state index in [1.165, 1.54) is 13.0 Å². The van der Waals surface area contributed by atoms with Crippen molar-refractivity contribution >= 4 is 23.6 Å². The van der Waals surface area contributed by atoms with Crippen LogP contribution in [0.5, 0.6) is 17.2 Å². The van der Waals surface area contributed by atoms with Crippen molar-refractivity contribution in [2.45, 2.75) is 109 Å². The molecule has 1 spiro atoms. The minimum atomic E-state index is -1.66. The van der Waals surface area contributed by atoms with Crippen LogP contribution in [0, 0.1) is 11.8 Å². The number of carboxylic acid groups (broad SMARTS) is 1. The number of carbonyl (C=O) groups is 3. The molecule has 9 heteroatoms. The normalized spacial score (nSPS) is 31.5. The molecule has 2 unspecified atom stereocenters. The van der Waals surface area contributed by atoms with Gasteiger partial charge in [0.25, 0.3) is 0 Å². The van der Waals surface area contributed by atoms with Crippen LogP contribution in [-0.4, -0.2) is 60.9 Å². The molecular formula is C38H44O9. The first kappa shape index (κ1) is 33.0. The summed E-state index contributed by atoms with van der Waals surface area (Å²) in [5.41, 5.74) is -3.67. The number of hydrogen-bond acceptors (Lipinski definition) is 8. The number of phenolic OH excluding ortho intramolecular Hbond substituents is 1. The Hall–Kier alpha value is -3.95. The van der Waals surface area contributed by atoms with Crippen LogP contribution in [0.2, 0.25) is 0 Å². The van der Waals surface area contributed by atoms with Gasteiger partial charge in [-0.3, -0.25) is 9.59 Å². The molecule has 7 rings (SSSR count). The lowest BCUT2D eigenvalue weighted by Crippen LogP contribution is -2.72. The van der Waals surface area contributed by atoms with Gasteiger partial charge in [0.2, 0.25) is 0 Å². The zero-order valence-corrected chi connectivity index (χ0v) is 28.3. The van der Waals surface area contributed by atoms with Crippen LogP contribution < -0.4 is 9.47 Å². The summed E-state index contributed by atoms with van der Waals surface area (Å²) in [4.78, 5) is 40.8. The molecule has 9 nitrogen and oxygen atoms in total. The molecule has 0 aromatic heterocycles. The second-order valence-electron chi connectivity index (χ2n) is 15.2. The molecule has 1 saturated carbocycles. The lowest BCUT2D eigenvalue weighted by atomic mass is 9.51. The highest BCUT2D eigenvalue weighted by Crippen LogP contribution is 2.68. The lowest BCUT2D eigenvalue weighted by molar-refractivity contribution is -0.171. The smallest absolute Gasteiger partial charge is 0.330 e. The Bertz CT molecular complexity index is 1760. The van der Waals surface area contributed by atoms with Gasteiger partial charge in [0.15, 0.2) is 22.8 Å². The topological polar surface area (TPSA) is 140 Å². The Morgan fingerprint density at radius 1 is 1.06 bits per heavy atom. The van der Waals surface area contributed by atoms with Gasteiger partial charge in [-0.05, 0) is 80.4 Å². The molecule has 3 heterocycles. The van der Waals surface area contributed by atoms with E-state index in [0.717, 1.165) is 5.57 Å². The van der Waals surface area contributed by atoms with Gasteiger partial charge in [0.05, 0.1) is 16.8 Å². The zero-order chi connectivity index (χ0) is 34.5. The standard InChI is InChI=1S/C38H44O9/c1-20(2)10-11-24-30-23(13-16-36(8,45-30)15-9-14-34(4,5)44)28(39)27-29(40)25-18-22-19-26-35(6,7)47-37(32(22)41,17-12-21(3)33(42)43)38(25,26)46-31(24)27/h9-10,12-14,16,18,22,26,39,44H,11,15,17,19H2,1-8H3,(H,42,43)/b14-9-,21-12+/t22-,26?,36?,37+,38-/m1/s1. The third-order valence-corrected chi connectivity index (χ3v) is 10.3. The highest BCUT2D eigenvalue weighted by Gasteiger charge is 2.81. The number of fused-ring (bicyclic) bond motifs is 2. The quantitative estimate of drug-likeness (QED) is 0.223. The first-order valence-electron chi connectivity index (χ1n) is 16.2. The number of Topliss-reactive ketones (excluding diaryl/α,β-unsaturated/α-hetero) is 2. The van der Waals surface area contributed by atoms with E-state index in [9.17, 15) is 29.7 Å². The first-order valence-corrected chi connectivity index (χ1v) is 16.2. The maximum atomic E-state index is 14.7. The van der Waals surface area contributed by atoms with Crippen molar-refractivity contribution in [3.8, 4) is 17.2 Å². The van der Waals surface area contributed by atoms with Gasteiger partial charge in [0, 0.05) is 41.4 Å². The number of rotatable bonds is 8. The summed E-state index contributed by atoms with van der Waals surface area (Å²) >= 11 is 0. The molecule has 3 N–H and O–H groups in total. The third-order valence-electron chi connectivity index (χ3n) is 10.3. The summed E-state index contributed by atoms with van der Waals surface area (Å²) in [5, 5.41) is 31.6. The highest BCUT2D eigenvalue weighted by molar-refractivity contribution is 6.19. The molecule has 0 amide bonds. The van der Waals surface area contributed by atoms with E-state index in [1.54, 1.807) is 32.1 Å². The highest BCUT2D eigenvalue weighted by atomic mass is 16.6. The summed E-state index contributed by atoms with van der Waals surface area (Å²) in [6, 6.07) is 0. The maximum Gasteiger partial charge on any atom is 0.330 e. The van der Waals surface area contributed by atoms with Crippen LogP contribution in [-0.2, 0) is 20.7 Å². The lowest BCUT2D eigenvalue weighted by Gasteiger charge is -2.56. The number of carbonyl (C=O) groups excluding carboxylic acids is 2. The number of allylic oxidation sites excluding steroid dienone is 3. The molecule has 3 aliphatic heterocycles. The number of phenols is 1. The summed E-state index contributed by atoms with van der Waals surface area (Å²) in [7, 11) is 0. The first-order chi connectivity index (χ1) is 21.8. The minimum absolute atomic E-state index is 0.0150. The Kier molecular flexibility index (Phi) is 7.38. The molecule has 250 valence electrons. The molecule has 2 fully saturated rings. The van der Waals surface area contributed by atoms with Crippen LogP contribution in [0.3, 0.4) is 0 Å². The molecule has 1 aromatic rings. The monoisotopic (exact) mass is 644 g/mol. The number of carboxylic acids is 1. The largest absolute Gasteiger partial charge is 0.506 e. The van der Waals surface area contributed by atoms with E-state index in [0.29, 0.717) is 36.1 Å². The van der Waals surface area contributed by atoms with Crippen LogP contribution in [0.25, 0.3) is 6.08 Å². The maximum absolute atomic E-state index is 14.7. The van der Waals surface area contributed by atoms with Crippen LogP contribution in [0.4, 0.5) is 0 Å². The number of ketones is 2. The number of benzene rings is 1. The predicted molar refractivity (Wildman–Crippen MR) is 176 cm³/mol. The second kappa shape index (κ2) is 10.5. The van der Waals surface area contributed by atoms with Crippen LogP contribution in [0.1, 0.15) is 96.1 Å². The van der Waals surface area contributed by atoms with Crippen molar-refractivity contribution < 1.29 is 43.9 Å². The van der Waals surface area contributed by atoms with Crippen molar-refractivity contribution in [1.29, 1.82) is 0 Å². The Morgan fingerprint density at radius 3 is 2.40 bits per heavy atom. The number of aromatic hydroxyl groups is 1. The van der Waals surface area contributed by atoms with Gasteiger partial charge in [-0.1, -0.05) is 36.0 Å². The molecule has 4 bridgehead atoms. The predicted octanol–water partition coefficient (Wildman–Crippen LogP) is 6.21. The van der Waals surface area contributed by atoms with Gasteiger partial charge in [0.1, 0.15) is 28.4 Å². The molecule has 3 aliphatic carbocycles. The summed E-state index contributed by atoms with van der Waals surface area (Å²) in [6.07, 6.45) is 13.3. The zero-order valence-electron chi connectivity index (χ0n) is 28.3. The minimum Gasteiger partial charge on any atom is -0.506 e. The molecule has 5 atom stereocenters. The molecule has 1 aromatic carbocycles. The average molecular weight is 645 g/mol. The van der Waals surface area contributed by atoms with Crippen LogP contribution in [0.15, 0.2) is 53.2 Å². The number of aliphatic hydroxyl groups is 1. The van der Waals surface area contributed by atoms with Gasteiger partial charge in [-0.15, -0.1) is 0 Å². The molecular weight excluding hydrogens is 600 g/mol. The Labute approximate surface area is 275 Å². The van der Waals surface area contributed by atoms with E-state index in [-0.39, 0.29) is 40.4 Å². The van der Waals surface area contributed by atoms with Crippen molar-refractivity contribution in [3.05, 3.63) is 69.9 Å². The third kappa shape index (κ3) is 4.84. The summed E-state index contributed by atoms with van der Waals surface area (Å²) < 4.78 is 20.5.